The summed E-state index contributed by atoms with van der Waals surface area (Å²) in [4.78, 5) is 12.4. The van der Waals surface area contributed by atoms with Crippen molar-refractivity contribution in [2.24, 2.45) is 5.10 Å². The number of ether oxygens (including phenoxy) is 3. The number of hydrogen-bond acceptors (Lipinski definition) is 6. The van der Waals surface area contributed by atoms with E-state index < -0.39 is 0 Å². The zero-order valence-electron chi connectivity index (χ0n) is 19.6. The first-order valence-electron chi connectivity index (χ1n) is 11.2. The van der Waals surface area contributed by atoms with Crippen LogP contribution in [0.1, 0.15) is 47.3 Å². The Bertz CT molecular complexity index is 1220. The second-order valence-electron chi connectivity index (χ2n) is 7.44. The molecule has 7 nitrogen and oxygen atoms in total. The van der Waals surface area contributed by atoms with Crippen LogP contribution < -0.4 is 19.6 Å². The Balaban J connectivity index is 1.67. The molecule has 35 heavy (non-hydrogen) atoms. The van der Waals surface area contributed by atoms with Crippen molar-refractivity contribution in [3.05, 3.63) is 87.4 Å². The van der Waals surface area contributed by atoms with Crippen LogP contribution in [0.15, 0.2) is 70.2 Å². The molecule has 0 aliphatic rings. The highest BCUT2D eigenvalue weighted by Gasteiger charge is 2.13. The quantitative estimate of drug-likeness (QED) is 0.245. The summed E-state index contributed by atoms with van der Waals surface area (Å²) in [5, 5.41) is 13.2. The molecule has 180 valence electrons. The van der Waals surface area contributed by atoms with Crippen LogP contribution in [0.3, 0.4) is 0 Å². The molecule has 0 fully saturated rings. The lowest BCUT2D eigenvalue weighted by Gasteiger charge is -2.15. The molecule has 3 aromatic rings. The molecule has 0 saturated heterocycles. The number of nitrogens with zero attached hydrogens (tertiary/aromatic N) is 2. The van der Waals surface area contributed by atoms with Crippen LogP contribution in [-0.2, 0) is 6.61 Å². The Labute approximate surface area is 213 Å². The zero-order valence-corrected chi connectivity index (χ0v) is 21.2. The lowest BCUT2D eigenvalue weighted by molar-refractivity contribution is 0.0955. The molecule has 0 bridgehead atoms. The van der Waals surface area contributed by atoms with Gasteiger partial charge in [0.25, 0.3) is 5.91 Å². The Kier molecular flexibility index (Phi) is 9.69. The number of halogens is 1. The number of amides is 1. The lowest BCUT2D eigenvalue weighted by Crippen LogP contribution is -2.17. The standard InChI is InChI=1S/C27H26BrN3O4/c1-3-12-34-23-10-8-22(9-11-23)27(32)31-30-17-21-14-24(28)26(25(15-21)33-4-2)35-18-20-7-5-6-19(13-20)16-29/h5-11,13-15,17H,3-4,12,18H2,1-2H3,(H,31,32)/b30-17+. The number of carbonyl (C=O) groups excluding carboxylic acids is 1. The molecule has 0 spiro atoms. The van der Waals surface area contributed by atoms with Crippen molar-refractivity contribution in [3.63, 3.8) is 0 Å². The average molecular weight is 536 g/mol. The molecular weight excluding hydrogens is 510 g/mol. The van der Waals surface area contributed by atoms with Gasteiger partial charge in [-0.05, 0) is 88.9 Å². The molecule has 0 heterocycles. The predicted molar refractivity (Wildman–Crippen MR) is 138 cm³/mol. The summed E-state index contributed by atoms with van der Waals surface area (Å²) in [6.07, 6.45) is 2.45. The van der Waals surface area contributed by atoms with Crippen LogP contribution >= 0.6 is 15.9 Å². The van der Waals surface area contributed by atoms with Crippen LogP contribution in [0.2, 0.25) is 0 Å². The van der Waals surface area contributed by atoms with Gasteiger partial charge in [0.2, 0.25) is 0 Å². The number of benzene rings is 3. The van der Waals surface area contributed by atoms with Gasteiger partial charge >= 0.3 is 0 Å². The van der Waals surface area contributed by atoms with Gasteiger partial charge in [0.05, 0.1) is 35.5 Å². The van der Waals surface area contributed by atoms with Crippen LogP contribution in [0, 0.1) is 11.3 Å². The summed E-state index contributed by atoms with van der Waals surface area (Å²) >= 11 is 3.53. The smallest absolute Gasteiger partial charge is 0.271 e. The largest absolute Gasteiger partial charge is 0.494 e. The van der Waals surface area contributed by atoms with Gasteiger partial charge in [0.15, 0.2) is 11.5 Å². The molecule has 0 saturated carbocycles. The second-order valence-corrected chi connectivity index (χ2v) is 8.29. The number of carbonyl (C=O) groups is 1. The molecule has 0 radical (unpaired) electrons. The van der Waals surface area contributed by atoms with Crippen molar-refractivity contribution >= 4 is 28.1 Å². The summed E-state index contributed by atoms with van der Waals surface area (Å²) in [6, 6.07) is 19.9. The third-order valence-corrected chi connectivity index (χ3v) is 5.33. The maximum atomic E-state index is 12.4. The molecule has 0 atom stereocenters. The van der Waals surface area contributed by atoms with Gasteiger partial charge in [-0.2, -0.15) is 10.4 Å². The van der Waals surface area contributed by atoms with E-state index in [1.807, 2.05) is 32.0 Å². The number of nitrogens with one attached hydrogen (secondary N) is 1. The Morgan fingerprint density at radius 3 is 2.60 bits per heavy atom. The number of nitriles is 1. The van der Waals surface area contributed by atoms with E-state index in [1.54, 1.807) is 42.5 Å². The van der Waals surface area contributed by atoms with E-state index in [2.05, 4.69) is 32.5 Å². The molecule has 0 aliphatic heterocycles. The first-order valence-corrected chi connectivity index (χ1v) is 12.0. The second kappa shape index (κ2) is 13.2. The summed E-state index contributed by atoms with van der Waals surface area (Å²) in [5.74, 6) is 1.47. The van der Waals surface area contributed by atoms with Crippen molar-refractivity contribution in [2.45, 2.75) is 26.9 Å². The summed E-state index contributed by atoms with van der Waals surface area (Å²) in [7, 11) is 0. The maximum absolute atomic E-state index is 12.4. The minimum absolute atomic E-state index is 0.278. The van der Waals surface area contributed by atoms with Gasteiger partial charge in [0.1, 0.15) is 12.4 Å². The summed E-state index contributed by atoms with van der Waals surface area (Å²) < 4.78 is 18.0. The lowest BCUT2D eigenvalue weighted by atomic mass is 10.1. The molecule has 3 aromatic carbocycles. The Morgan fingerprint density at radius 1 is 1.09 bits per heavy atom. The molecule has 0 aliphatic carbocycles. The Morgan fingerprint density at radius 2 is 1.89 bits per heavy atom. The van der Waals surface area contributed by atoms with E-state index in [0.29, 0.717) is 45.9 Å². The third-order valence-electron chi connectivity index (χ3n) is 4.74. The molecule has 0 aromatic heterocycles. The summed E-state index contributed by atoms with van der Waals surface area (Å²) in [5.41, 5.74) is 5.16. The van der Waals surface area contributed by atoms with Gasteiger partial charge in [-0.25, -0.2) is 5.43 Å². The highest BCUT2D eigenvalue weighted by atomic mass is 79.9. The van der Waals surface area contributed by atoms with Gasteiger partial charge in [-0.15, -0.1) is 0 Å². The minimum atomic E-state index is -0.327. The molecule has 1 amide bonds. The maximum Gasteiger partial charge on any atom is 0.271 e. The van der Waals surface area contributed by atoms with Crippen molar-refractivity contribution in [1.82, 2.24) is 5.43 Å². The predicted octanol–water partition coefficient (Wildman–Crippen LogP) is 5.85. The number of hydrogen-bond donors (Lipinski definition) is 1. The fourth-order valence-corrected chi connectivity index (χ4v) is 3.68. The van der Waals surface area contributed by atoms with Crippen molar-refractivity contribution < 1.29 is 19.0 Å². The fraction of sp³-hybridized carbons (Fsp3) is 0.222. The normalized spacial score (nSPS) is 10.6. The van der Waals surface area contributed by atoms with E-state index in [0.717, 1.165) is 17.7 Å². The first kappa shape index (κ1) is 25.8. The number of hydrazone groups is 1. The van der Waals surface area contributed by atoms with Crippen molar-refractivity contribution in [1.29, 1.82) is 5.26 Å². The van der Waals surface area contributed by atoms with Crippen LogP contribution in [0.5, 0.6) is 17.2 Å². The van der Waals surface area contributed by atoms with E-state index in [1.165, 1.54) is 6.21 Å². The van der Waals surface area contributed by atoms with E-state index in [-0.39, 0.29) is 12.5 Å². The molecule has 3 rings (SSSR count). The third kappa shape index (κ3) is 7.59. The van der Waals surface area contributed by atoms with Crippen LogP contribution in [0.4, 0.5) is 0 Å². The monoisotopic (exact) mass is 535 g/mol. The Hall–Kier alpha value is -3.83. The fourth-order valence-electron chi connectivity index (χ4n) is 3.10. The zero-order chi connectivity index (χ0) is 25.0. The van der Waals surface area contributed by atoms with Crippen molar-refractivity contribution in [3.8, 4) is 23.3 Å². The van der Waals surface area contributed by atoms with Crippen LogP contribution in [-0.4, -0.2) is 25.3 Å². The molecule has 8 heteroatoms. The highest BCUT2D eigenvalue weighted by Crippen LogP contribution is 2.37. The highest BCUT2D eigenvalue weighted by molar-refractivity contribution is 9.10. The topological polar surface area (TPSA) is 92.9 Å². The van der Waals surface area contributed by atoms with E-state index in [9.17, 15) is 4.79 Å². The van der Waals surface area contributed by atoms with Crippen LogP contribution in [0.25, 0.3) is 0 Å². The summed E-state index contributed by atoms with van der Waals surface area (Å²) in [6.45, 7) is 5.27. The minimum Gasteiger partial charge on any atom is -0.494 e. The van der Waals surface area contributed by atoms with Gasteiger partial charge in [0, 0.05) is 5.56 Å². The van der Waals surface area contributed by atoms with Gasteiger partial charge in [-0.3, -0.25) is 4.79 Å². The first-order chi connectivity index (χ1) is 17.0. The van der Waals surface area contributed by atoms with E-state index in [4.69, 9.17) is 19.5 Å². The SMILES string of the molecule is CCCOc1ccc(C(=O)N/N=C/c2cc(Br)c(OCc3cccc(C#N)c3)c(OCC)c2)cc1. The van der Waals surface area contributed by atoms with Gasteiger partial charge < -0.3 is 14.2 Å². The molecular formula is C27H26BrN3O4. The van der Waals surface area contributed by atoms with Crippen molar-refractivity contribution in [2.75, 3.05) is 13.2 Å². The number of rotatable bonds is 11. The van der Waals surface area contributed by atoms with E-state index >= 15 is 0 Å². The van der Waals surface area contributed by atoms with Gasteiger partial charge in [-0.1, -0.05) is 19.1 Å². The average Bonchev–Trinajstić information content (AvgIpc) is 2.87. The molecule has 0 unspecified atom stereocenters. The molecule has 1 N–H and O–H groups in total.